The van der Waals surface area contributed by atoms with E-state index in [0.29, 0.717) is 0 Å². The van der Waals surface area contributed by atoms with Crippen molar-refractivity contribution in [2.45, 2.75) is 18.9 Å². The molecule has 2 heteroatoms. The molecule has 0 amide bonds. The molecule has 1 aromatic carbocycles. The first-order chi connectivity index (χ1) is 6.30. The second kappa shape index (κ2) is 2.26. The third kappa shape index (κ3) is 0.866. The SMILES string of the molecule is Cc1ccc2c(c1)[C@@]1(CCN1)CO2. The van der Waals surface area contributed by atoms with Gasteiger partial charge >= 0.3 is 0 Å². The Hall–Kier alpha value is -1.02. The fraction of sp³-hybridized carbons (Fsp3) is 0.455. The molecule has 0 radical (unpaired) electrons. The quantitative estimate of drug-likeness (QED) is 0.646. The molecule has 0 saturated carbocycles. The maximum atomic E-state index is 5.65. The predicted molar refractivity (Wildman–Crippen MR) is 51.0 cm³/mol. The van der Waals surface area contributed by atoms with Gasteiger partial charge in [-0.2, -0.15) is 0 Å². The van der Waals surface area contributed by atoms with Crippen molar-refractivity contribution >= 4 is 0 Å². The molecule has 0 aromatic heterocycles. The summed E-state index contributed by atoms with van der Waals surface area (Å²) in [5.41, 5.74) is 2.84. The van der Waals surface area contributed by atoms with Gasteiger partial charge in [-0.25, -0.2) is 0 Å². The molecule has 1 spiro atoms. The van der Waals surface area contributed by atoms with Crippen molar-refractivity contribution in [2.24, 2.45) is 0 Å². The Labute approximate surface area is 77.9 Å². The van der Waals surface area contributed by atoms with Gasteiger partial charge in [-0.1, -0.05) is 17.7 Å². The second-order valence-corrected chi connectivity index (χ2v) is 4.05. The first kappa shape index (κ1) is 7.39. The molecule has 0 unspecified atom stereocenters. The van der Waals surface area contributed by atoms with E-state index in [2.05, 4.69) is 30.4 Å². The van der Waals surface area contributed by atoms with Gasteiger partial charge in [0.2, 0.25) is 0 Å². The molecule has 0 aliphatic carbocycles. The number of rotatable bonds is 0. The zero-order valence-corrected chi connectivity index (χ0v) is 7.76. The van der Waals surface area contributed by atoms with Crippen LogP contribution in [-0.2, 0) is 5.54 Å². The van der Waals surface area contributed by atoms with Gasteiger partial charge in [0, 0.05) is 5.56 Å². The molecule has 1 saturated heterocycles. The zero-order chi connectivity index (χ0) is 8.89. The van der Waals surface area contributed by atoms with E-state index in [1.807, 2.05) is 0 Å². The molecular formula is C11H13NO. The Morgan fingerprint density at radius 2 is 2.31 bits per heavy atom. The van der Waals surface area contributed by atoms with E-state index >= 15 is 0 Å². The van der Waals surface area contributed by atoms with Gasteiger partial charge in [0.1, 0.15) is 12.4 Å². The Balaban J connectivity index is 2.14. The highest BCUT2D eigenvalue weighted by Gasteiger charge is 2.45. The number of aryl methyl sites for hydroxylation is 1. The van der Waals surface area contributed by atoms with Crippen molar-refractivity contribution in [2.75, 3.05) is 13.2 Å². The van der Waals surface area contributed by atoms with E-state index in [0.717, 1.165) is 18.9 Å². The Morgan fingerprint density at radius 3 is 3.00 bits per heavy atom. The molecular weight excluding hydrogens is 162 g/mol. The maximum Gasteiger partial charge on any atom is 0.124 e. The average Bonchev–Trinajstić information content (AvgIpc) is 2.41. The summed E-state index contributed by atoms with van der Waals surface area (Å²) in [6.07, 6.45) is 1.21. The first-order valence-corrected chi connectivity index (χ1v) is 4.79. The lowest BCUT2D eigenvalue weighted by Gasteiger charge is -2.38. The van der Waals surface area contributed by atoms with Crippen LogP contribution in [-0.4, -0.2) is 13.2 Å². The van der Waals surface area contributed by atoms with E-state index < -0.39 is 0 Å². The standard InChI is InChI=1S/C11H13NO/c1-8-2-3-10-9(6-8)11(7-13-10)4-5-12-11/h2-3,6,12H,4-5,7H2,1H3/t11-/m1/s1. The second-order valence-electron chi connectivity index (χ2n) is 4.05. The van der Waals surface area contributed by atoms with Crippen molar-refractivity contribution < 1.29 is 4.74 Å². The van der Waals surface area contributed by atoms with Gasteiger partial charge < -0.3 is 10.1 Å². The van der Waals surface area contributed by atoms with Crippen LogP contribution in [0.2, 0.25) is 0 Å². The van der Waals surface area contributed by atoms with Crippen LogP contribution in [0.25, 0.3) is 0 Å². The van der Waals surface area contributed by atoms with E-state index in [1.165, 1.54) is 17.5 Å². The summed E-state index contributed by atoms with van der Waals surface area (Å²) in [6, 6.07) is 6.43. The zero-order valence-electron chi connectivity index (χ0n) is 7.76. The summed E-state index contributed by atoms with van der Waals surface area (Å²) >= 11 is 0. The molecule has 2 heterocycles. The molecule has 1 aromatic rings. The molecule has 2 nitrogen and oxygen atoms in total. The van der Waals surface area contributed by atoms with Gasteiger partial charge in [-0.3, -0.25) is 0 Å². The van der Waals surface area contributed by atoms with Gasteiger partial charge in [0.05, 0.1) is 5.54 Å². The molecule has 68 valence electrons. The summed E-state index contributed by atoms with van der Waals surface area (Å²) in [5.74, 6) is 1.07. The Kier molecular flexibility index (Phi) is 1.29. The van der Waals surface area contributed by atoms with Crippen molar-refractivity contribution in [3.63, 3.8) is 0 Å². The first-order valence-electron chi connectivity index (χ1n) is 4.79. The minimum atomic E-state index is 0.168. The van der Waals surface area contributed by atoms with Crippen LogP contribution in [0.3, 0.4) is 0 Å². The minimum absolute atomic E-state index is 0.168. The highest BCUT2D eigenvalue weighted by molar-refractivity contribution is 5.46. The molecule has 3 rings (SSSR count). The largest absolute Gasteiger partial charge is 0.491 e. The average molecular weight is 175 g/mol. The Morgan fingerprint density at radius 1 is 1.46 bits per heavy atom. The summed E-state index contributed by atoms with van der Waals surface area (Å²) < 4.78 is 5.65. The summed E-state index contributed by atoms with van der Waals surface area (Å²) in [7, 11) is 0. The number of fused-ring (bicyclic) bond motifs is 2. The van der Waals surface area contributed by atoms with E-state index in [-0.39, 0.29) is 5.54 Å². The van der Waals surface area contributed by atoms with Crippen LogP contribution in [0.4, 0.5) is 0 Å². The molecule has 1 fully saturated rings. The van der Waals surface area contributed by atoms with Gasteiger partial charge in [0.15, 0.2) is 0 Å². The highest BCUT2D eigenvalue weighted by Crippen LogP contribution is 2.42. The maximum absolute atomic E-state index is 5.65. The highest BCUT2D eigenvalue weighted by atomic mass is 16.5. The van der Waals surface area contributed by atoms with E-state index in [4.69, 9.17) is 4.74 Å². The molecule has 1 atom stereocenters. The molecule has 2 aliphatic rings. The lowest BCUT2D eigenvalue weighted by atomic mass is 9.82. The normalized spacial score (nSPS) is 29.6. The fourth-order valence-corrected chi connectivity index (χ4v) is 2.20. The summed E-state index contributed by atoms with van der Waals surface area (Å²) in [6.45, 7) is 4.06. The van der Waals surface area contributed by atoms with Gasteiger partial charge in [-0.05, 0) is 26.0 Å². The molecule has 0 bridgehead atoms. The van der Waals surface area contributed by atoms with Crippen LogP contribution < -0.4 is 10.1 Å². The number of hydrogen-bond acceptors (Lipinski definition) is 2. The smallest absolute Gasteiger partial charge is 0.124 e. The molecule has 13 heavy (non-hydrogen) atoms. The van der Waals surface area contributed by atoms with Crippen LogP contribution in [0.1, 0.15) is 17.5 Å². The van der Waals surface area contributed by atoms with Gasteiger partial charge in [0.25, 0.3) is 0 Å². The van der Waals surface area contributed by atoms with E-state index in [9.17, 15) is 0 Å². The molecule has 2 aliphatic heterocycles. The lowest BCUT2D eigenvalue weighted by molar-refractivity contribution is 0.154. The van der Waals surface area contributed by atoms with Gasteiger partial charge in [-0.15, -0.1) is 0 Å². The Bertz CT molecular complexity index is 355. The number of nitrogens with one attached hydrogen (secondary N) is 1. The summed E-state index contributed by atoms with van der Waals surface area (Å²) in [4.78, 5) is 0. The lowest BCUT2D eigenvalue weighted by Crippen LogP contribution is -2.55. The van der Waals surface area contributed by atoms with Crippen molar-refractivity contribution in [3.8, 4) is 5.75 Å². The summed E-state index contributed by atoms with van der Waals surface area (Å²) in [5, 5.41) is 3.48. The third-order valence-electron chi connectivity index (χ3n) is 3.14. The third-order valence-corrected chi connectivity index (χ3v) is 3.14. The van der Waals surface area contributed by atoms with E-state index in [1.54, 1.807) is 0 Å². The number of ether oxygens (including phenoxy) is 1. The predicted octanol–water partition coefficient (Wildman–Crippen LogP) is 1.58. The van der Waals surface area contributed by atoms with Crippen molar-refractivity contribution in [1.82, 2.24) is 5.32 Å². The number of benzene rings is 1. The number of hydrogen-bond donors (Lipinski definition) is 1. The van der Waals surface area contributed by atoms with Crippen LogP contribution in [0, 0.1) is 6.92 Å². The van der Waals surface area contributed by atoms with Crippen LogP contribution in [0.15, 0.2) is 18.2 Å². The fourth-order valence-electron chi connectivity index (χ4n) is 2.20. The van der Waals surface area contributed by atoms with Crippen LogP contribution in [0.5, 0.6) is 5.75 Å². The van der Waals surface area contributed by atoms with Crippen molar-refractivity contribution in [3.05, 3.63) is 29.3 Å². The van der Waals surface area contributed by atoms with Crippen molar-refractivity contribution in [1.29, 1.82) is 0 Å². The van der Waals surface area contributed by atoms with Crippen LogP contribution >= 0.6 is 0 Å². The minimum Gasteiger partial charge on any atom is -0.491 e. The monoisotopic (exact) mass is 175 g/mol. The molecule has 1 N–H and O–H groups in total. The topological polar surface area (TPSA) is 21.3 Å².